The standard InChI is InChI=1S/C13H14ClN3O/c1-9-7-10(2)17(16-9)8-13(18)15-12-5-3-11(14)4-6-12/h3-7H,8H2,1-2H3,(H,15,18). The van der Waals surface area contributed by atoms with E-state index in [0.717, 1.165) is 17.1 Å². The van der Waals surface area contributed by atoms with Gasteiger partial charge in [0.1, 0.15) is 6.54 Å². The number of amides is 1. The molecule has 1 N–H and O–H groups in total. The molecule has 0 radical (unpaired) electrons. The molecule has 94 valence electrons. The van der Waals surface area contributed by atoms with Crippen molar-refractivity contribution in [2.45, 2.75) is 20.4 Å². The first kappa shape index (κ1) is 12.6. The minimum atomic E-state index is -0.108. The molecule has 5 heteroatoms. The number of aromatic nitrogens is 2. The summed E-state index contributed by atoms with van der Waals surface area (Å²) in [6, 6.07) is 8.94. The number of hydrogen-bond acceptors (Lipinski definition) is 2. The Morgan fingerprint density at radius 2 is 2.00 bits per heavy atom. The normalized spacial score (nSPS) is 10.4. The second-order valence-electron chi connectivity index (χ2n) is 4.14. The molecule has 4 nitrogen and oxygen atoms in total. The highest BCUT2D eigenvalue weighted by Crippen LogP contribution is 2.13. The third-order valence-electron chi connectivity index (χ3n) is 2.52. The number of rotatable bonds is 3. The third-order valence-corrected chi connectivity index (χ3v) is 2.78. The number of halogens is 1. The Morgan fingerprint density at radius 3 is 2.56 bits per heavy atom. The number of anilines is 1. The van der Waals surface area contributed by atoms with Crippen LogP contribution in [0.3, 0.4) is 0 Å². The van der Waals surface area contributed by atoms with Gasteiger partial charge in [-0.3, -0.25) is 9.48 Å². The number of carbonyl (C=O) groups is 1. The number of hydrogen-bond donors (Lipinski definition) is 1. The molecule has 0 saturated carbocycles. The highest BCUT2D eigenvalue weighted by atomic mass is 35.5. The average Bonchev–Trinajstić information content (AvgIpc) is 2.61. The second kappa shape index (κ2) is 5.23. The fourth-order valence-electron chi connectivity index (χ4n) is 1.70. The first-order chi connectivity index (χ1) is 8.54. The number of carbonyl (C=O) groups excluding carboxylic acids is 1. The van der Waals surface area contributed by atoms with E-state index >= 15 is 0 Å². The van der Waals surface area contributed by atoms with E-state index in [9.17, 15) is 4.79 Å². The van der Waals surface area contributed by atoms with E-state index in [1.807, 2.05) is 19.9 Å². The van der Waals surface area contributed by atoms with E-state index < -0.39 is 0 Å². The summed E-state index contributed by atoms with van der Waals surface area (Å²) in [5, 5.41) is 7.68. The quantitative estimate of drug-likeness (QED) is 0.926. The Morgan fingerprint density at radius 1 is 1.33 bits per heavy atom. The maximum Gasteiger partial charge on any atom is 0.246 e. The van der Waals surface area contributed by atoms with Crippen LogP contribution in [0, 0.1) is 13.8 Å². The smallest absolute Gasteiger partial charge is 0.246 e. The van der Waals surface area contributed by atoms with Crippen molar-refractivity contribution in [3.63, 3.8) is 0 Å². The van der Waals surface area contributed by atoms with Crippen LogP contribution in [-0.2, 0) is 11.3 Å². The van der Waals surface area contributed by atoms with E-state index in [1.165, 1.54) is 0 Å². The lowest BCUT2D eigenvalue weighted by molar-refractivity contribution is -0.116. The maximum absolute atomic E-state index is 11.8. The van der Waals surface area contributed by atoms with Gasteiger partial charge in [0.05, 0.1) is 5.69 Å². The summed E-state index contributed by atoms with van der Waals surface area (Å²) >= 11 is 5.77. The third kappa shape index (κ3) is 3.11. The summed E-state index contributed by atoms with van der Waals surface area (Å²) in [6.07, 6.45) is 0. The lowest BCUT2D eigenvalue weighted by Crippen LogP contribution is -2.20. The molecule has 0 bridgehead atoms. The van der Waals surface area contributed by atoms with Crippen LogP contribution in [0.5, 0.6) is 0 Å². The molecule has 0 saturated heterocycles. The van der Waals surface area contributed by atoms with E-state index in [-0.39, 0.29) is 12.5 Å². The first-order valence-electron chi connectivity index (χ1n) is 5.61. The van der Waals surface area contributed by atoms with Gasteiger partial charge < -0.3 is 5.32 Å². The van der Waals surface area contributed by atoms with Gasteiger partial charge in [-0.2, -0.15) is 5.10 Å². The summed E-state index contributed by atoms with van der Waals surface area (Å²) in [7, 11) is 0. The van der Waals surface area contributed by atoms with Gasteiger partial charge in [0.25, 0.3) is 0 Å². The molecule has 1 aromatic carbocycles. The van der Waals surface area contributed by atoms with Crippen LogP contribution in [0.25, 0.3) is 0 Å². The largest absolute Gasteiger partial charge is 0.324 e. The minimum absolute atomic E-state index is 0.108. The van der Waals surface area contributed by atoms with E-state index in [2.05, 4.69) is 10.4 Å². The number of nitrogens with zero attached hydrogens (tertiary/aromatic N) is 2. The van der Waals surface area contributed by atoms with Crippen molar-refractivity contribution >= 4 is 23.2 Å². The van der Waals surface area contributed by atoms with Gasteiger partial charge in [0, 0.05) is 16.4 Å². The fraction of sp³-hybridized carbons (Fsp3) is 0.231. The molecule has 0 unspecified atom stereocenters. The molecule has 0 spiro atoms. The Hall–Kier alpha value is -1.81. The second-order valence-corrected chi connectivity index (χ2v) is 4.58. The van der Waals surface area contributed by atoms with Crippen molar-refractivity contribution in [1.29, 1.82) is 0 Å². The molecule has 0 aliphatic carbocycles. The highest BCUT2D eigenvalue weighted by Gasteiger charge is 2.07. The zero-order chi connectivity index (χ0) is 13.1. The Bertz CT molecular complexity index is 560. The Balaban J connectivity index is 2.01. The van der Waals surface area contributed by atoms with Crippen molar-refractivity contribution < 1.29 is 4.79 Å². The van der Waals surface area contributed by atoms with Gasteiger partial charge in [-0.1, -0.05) is 11.6 Å². The van der Waals surface area contributed by atoms with Crippen molar-refractivity contribution in [2.24, 2.45) is 0 Å². The van der Waals surface area contributed by atoms with Crippen LogP contribution >= 0.6 is 11.6 Å². The number of nitrogens with one attached hydrogen (secondary N) is 1. The van der Waals surface area contributed by atoms with Crippen LogP contribution in [0.2, 0.25) is 5.02 Å². The lowest BCUT2D eigenvalue weighted by Gasteiger charge is -2.06. The highest BCUT2D eigenvalue weighted by molar-refractivity contribution is 6.30. The molecular formula is C13H14ClN3O. The SMILES string of the molecule is Cc1cc(C)n(CC(=O)Nc2ccc(Cl)cc2)n1. The van der Waals surface area contributed by atoms with Crippen molar-refractivity contribution in [1.82, 2.24) is 9.78 Å². The van der Waals surface area contributed by atoms with Crippen LogP contribution in [0.4, 0.5) is 5.69 Å². The zero-order valence-electron chi connectivity index (χ0n) is 10.3. The summed E-state index contributed by atoms with van der Waals surface area (Å²) in [4.78, 5) is 11.8. The van der Waals surface area contributed by atoms with Gasteiger partial charge in [-0.05, 0) is 44.2 Å². The molecule has 18 heavy (non-hydrogen) atoms. The van der Waals surface area contributed by atoms with Gasteiger partial charge >= 0.3 is 0 Å². The van der Waals surface area contributed by atoms with Gasteiger partial charge in [-0.15, -0.1) is 0 Å². The summed E-state index contributed by atoms with van der Waals surface area (Å²) in [6.45, 7) is 4.04. The van der Waals surface area contributed by atoms with Gasteiger partial charge in [0.2, 0.25) is 5.91 Å². The number of aryl methyl sites for hydroxylation is 2. The average molecular weight is 264 g/mol. The molecule has 0 aliphatic heterocycles. The molecule has 2 aromatic rings. The zero-order valence-corrected chi connectivity index (χ0v) is 11.0. The first-order valence-corrected chi connectivity index (χ1v) is 5.99. The predicted octanol–water partition coefficient (Wildman–Crippen LogP) is 2.79. The van der Waals surface area contributed by atoms with E-state index in [1.54, 1.807) is 28.9 Å². The monoisotopic (exact) mass is 263 g/mol. The maximum atomic E-state index is 11.8. The summed E-state index contributed by atoms with van der Waals surface area (Å²) in [5.74, 6) is -0.108. The topological polar surface area (TPSA) is 46.9 Å². The van der Waals surface area contributed by atoms with Crippen molar-refractivity contribution in [2.75, 3.05) is 5.32 Å². The van der Waals surface area contributed by atoms with Gasteiger partial charge in [-0.25, -0.2) is 0 Å². The predicted molar refractivity (Wildman–Crippen MR) is 71.8 cm³/mol. The Labute approximate surface area is 111 Å². The van der Waals surface area contributed by atoms with Crippen LogP contribution < -0.4 is 5.32 Å². The molecule has 0 aliphatic rings. The molecule has 1 heterocycles. The fourth-order valence-corrected chi connectivity index (χ4v) is 1.83. The summed E-state index contributed by atoms with van der Waals surface area (Å²) in [5.41, 5.74) is 2.61. The number of benzene rings is 1. The van der Waals surface area contributed by atoms with Crippen LogP contribution in [0.15, 0.2) is 30.3 Å². The molecule has 1 amide bonds. The molecule has 0 fully saturated rings. The molecular weight excluding hydrogens is 250 g/mol. The van der Waals surface area contributed by atoms with E-state index in [0.29, 0.717) is 5.02 Å². The Kier molecular flexibility index (Phi) is 3.67. The molecule has 2 rings (SSSR count). The summed E-state index contributed by atoms with van der Waals surface area (Å²) < 4.78 is 1.68. The molecule has 0 atom stereocenters. The lowest BCUT2D eigenvalue weighted by atomic mass is 10.3. The van der Waals surface area contributed by atoms with E-state index in [4.69, 9.17) is 11.6 Å². The van der Waals surface area contributed by atoms with Gasteiger partial charge in [0.15, 0.2) is 0 Å². The molecule has 1 aromatic heterocycles. The van der Waals surface area contributed by atoms with Crippen LogP contribution in [0.1, 0.15) is 11.4 Å². The van der Waals surface area contributed by atoms with Crippen molar-refractivity contribution in [3.8, 4) is 0 Å². The van der Waals surface area contributed by atoms with Crippen LogP contribution in [-0.4, -0.2) is 15.7 Å². The van der Waals surface area contributed by atoms with Crippen molar-refractivity contribution in [3.05, 3.63) is 46.7 Å². The minimum Gasteiger partial charge on any atom is -0.324 e.